The van der Waals surface area contributed by atoms with Gasteiger partial charge in [-0.1, -0.05) is 48.5 Å². The highest BCUT2D eigenvalue weighted by molar-refractivity contribution is 7.89. The van der Waals surface area contributed by atoms with Crippen molar-refractivity contribution in [3.05, 3.63) is 78.4 Å². The Kier molecular flexibility index (Phi) is 7.87. The Bertz CT molecular complexity index is 1470. The van der Waals surface area contributed by atoms with Crippen LogP contribution in [0.15, 0.2) is 82.1 Å². The Balaban J connectivity index is 1.29. The number of para-hydroxylation sites is 1. The summed E-state index contributed by atoms with van der Waals surface area (Å²) in [5.74, 6) is -1.26. The fourth-order valence-electron chi connectivity index (χ4n) is 3.88. The van der Waals surface area contributed by atoms with Crippen molar-refractivity contribution in [1.82, 2.24) is 15.4 Å². The monoisotopic (exact) mass is 509 g/mol. The fourth-order valence-corrected chi connectivity index (χ4v) is 5.13. The van der Waals surface area contributed by atoms with E-state index in [2.05, 4.69) is 15.4 Å². The van der Waals surface area contributed by atoms with Crippen molar-refractivity contribution < 1.29 is 27.5 Å². The van der Waals surface area contributed by atoms with E-state index in [0.717, 1.165) is 10.9 Å². The number of furan rings is 1. The molecular formula is C26H27N3O6S. The summed E-state index contributed by atoms with van der Waals surface area (Å²) in [7, 11) is -4.08. The van der Waals surface area contributed by atoms with Gasteiger partial charge in [0, 0.05) is 23.9 Å². The molecule has 0 aliphatic heterocycles. The van der Waals surface area contributed by atoms with Gasteiger partial charge in [-0.3, -0.25) is 4.79 Å². The van der Waals surface area contributed by atoms with E-state index < -0.39 is 22.0 Å². The Labute approximate surface area is 208 Å². The second-order valence-electron chi connectivity index (χ2n) is 8.36. The van der Waals surface area contributed by atoms with Gasteiger partial charge in [0.15, 0.2) is 0 Å². The molecular weight excluding hydrogens is 482 g/mol. The number of carbonyl (C=O) groups excluding carboxylic acids is 1. The van der Waals surface area contributed by atoms with Gasteiger partial charge in [-0.15, -0.1) is 0 Å². The maximum atomic E-state index is 12.9. The molecule has 0 aliphatic carbocycles. The number of benzene rings is 3. The maximum absolute atomic E-state index is 12.9. The molecule has 0 aliphatic rings. The van der Waals surface area contributed by atoms with E-state index in [4.69, 9.17) is 4.42 Å². The van der Waals surface area contributed by atoms with Crippen LogP contribution in [-0.2, 0) is 21.4 Å². The quantitative estimate of drug-likeness (QED) is 0.226. The van der Waals surface area contributed by atoms with Gasteiger partial charge in [0.1, 0.15) is 17.2 Å². The van der Waals surface area contributed by atoms with Crippen molar-refractivity contribution in [2.45, 2.75) is 36.7 Å². The van der Waals surface area contributed by atoms with Crippen molar-refractivity contribution in [2.24, 2.45) is 0 Å². The van der Waals surface area contributed by atoms with E-state index in [-0.39, 0.29) is 17.3 Å². The normalized spacial score (nSPS) is 12.4. The van der Waals surface area contributed by atoms with E-state index in [9.17, 15) is 23.1 Å². The molecule has 2 amide bonds. The van der Waals surface area contributed by atoms with Crippen LogP contribution in [-0.4, -0.2) is 38.1 Å². The summed E-state index contributed by atoms with van der Waals surface area (Å²) in [5, 5.41) is 16.4. The molecule has 188 valence electrons. The lowest BCUT2D eigenvalue weighted by Crippen LogP contribution is -2.41. The molecule has 36 heavy (non-hydrogen) atoms. The van der Waals surface area contributed by atoms with Crippen molar-refractivity contribution in [3.8, 4) is 0 Å². The number of nitrogens with one attached hydrogen (secondary N) is 3. The molecule has 4 rings (SSSR count). The number of hydrogen-bond donors (Lipinski definition) is 4. The van der Waals surface area contributed by atoms with Crippen molar-refractivity contribution in [1.29, 1.82) is 0 Å². The van der Waals surface area contributed by atoms with E-state index in [1.807, 2.05) is 48.5 Å². The average Bonchev–Trinajstić information content (AvgIpc) is 3.25. The van der Waals surface area contributed by atoms with E-state index >= 15 is 0 Å². The topological polar surface area (TPSA) is 138 Å². The third-order valence-electron chi connectivity index (χ3n) is 5.76. The Morgan fingerprint density at radius 1 is 0.861 bits per heavy atom. The van der Waals surface area contributed by atoms with Crippen LogP contribution in [0.2, 0.25) is 0 Å². The zero-order valence-corrected chi connectivity index (χ0v) is 20.3. The molecule has 0 radical (unpaired) electrons. The van der Waals surface area contributed by atoms with Crippen molar-refractivity contribution >= 4 is 44.0 Å². The molecule has 1 heterocycles. The van der Waals surface area contributed by atoms with Crippen molar-refractivity contribution in [3.63, 3.8) is 0 Å². The first-order chi connectivity index (χ1) is 17.3. The van der Waals surface area contributed by atoms with E-state index in [1.54, 1.807) is 12.1 Å². The van der Waals surface area contributed by atoms with Crippen LogP contribution < -0.4 is 15.4 Å². The largest absolute Gasteiger partial charge is 0.480 e. The fraction of sp³-hybridized carbons (Fsp3) is 0.231. The number of aliphatic carboxylic acids is 1. The molecule has 1 atom stereocenters. The molecule has 4 aromatic rings. The van der Waals surface area contributed by atoms with Crippen LogP contribution in [0.5, 0.6) is 0 Å². The smallest absolute Gasteiger partial charge is 0.321 e. The lowest BCUT2D eigenvalue weighted by Gasteiger charge is -2.15. The summed E-state index contributed by atoms with van der Waals surface area (Å²) in [6, 6.07) is 19.6. The van der Waals surface area contributed by atoms with Crippen LogP contribution in [0.3, 0.4) is 0 Å². The van der Waals surface area contributed by atoms with Crippen LogP contribution in [0.25, 0.3) is 21.9 Å². The minimum atomic E-state index is -4.08. The minimum absolute atomic E-state index is 0.0374. The molecule has 1 aromatic heterocycles. The SMILES string of the molecule is O=C(NCCCCC(NS(=O)(=O)c1ccc2oc3ccccc3c2c1)C(=O)O)NCc1ccccc1. The number of fused-ring (bicyclic) bond motifs is 3. The molecule has 0 saturated heterocycles. The maximum Gasteiger partial charge on any atom is 0.321 e. The number of amides is 2. The van der Waals surface area contributed by atoms with Gasteiger partial charge in [-0.2, -0.15) is 4.72 Å². The van der Waals surface area contributed by atoms with Crippen LogP contribution >= 0.6 is 0 Å². The molecule has 0 bridgehead atoms. The molecule has 1 unspecified atom stereocenters. The van der Waals surface area contributed by atoms with Gasteiger partial charge in [-0.05, 0) is 49.1 Å². The van der Waals surface area contributed by atoms with Crippen LogP contribution in [0.4, 0.5) is 4.79 Å². The van der Waals surface area contributed by atoms with Gasteiger partial charge in [-0.25, -0.2) is 13.2 Å². The first-order valence-electron chi connectivity index (χ1n) is 11.6. The molecule has 0 saturated carbocycles. The van der Waals surface area contributed by atoms with Gasteiger partial charge in [0.2, 0.25) is 10.0 Å². The van der Waals surface area contributed by atoms with Gasteiger partial charge in [0.25, 0.3) is 0 Å². The highest BCUT2D eigenvalue weighted by Gasteiger charge is 2.25. The molecule has 4 N–H and O–H groups in total. The van der Waals surface area contributed by atoms with E-state index in [1.165, 1.54) is 12.1 Å². The molecule has 9 nitrogen and oxygen atoms in total. The first kappa shape index (κ1) is 25.2. The summed E-state index contributed by atoms with van der Waals surface area (Å²) < 4.78 is 33.9. The number of sulfonamides is 1. The van der Waals surface area contributed by atoms with E-state index in [0.29, 0.717) is 42.5 Å². The minimum Gasteiger partial charge on any atom is -0.480 e. The predicted molar refractivity (Wildman–Crippen MR) is 136 cm³/mol. The predicted octanol–water partition coefficient (Wildman–Crippen LogP) is 3.99. The third kappa shape index (κ3) is 6.21. The standard InChI is InChI=1S/C26H27N3O6S/c30-25(31)22(11-6-7-15-27-26(32)28-17-18-8-2-1-3-9-18)29-36(33,34)19-13-14-24-21(16-19)20-10-4-5-12-23(20)35-24/h1-5,8-10,12-14,16,22,29H,6-7,11,15,17H2,(H,30,31)(H2,27,28,32). The number of hydrogen-bond acceptors (Lipinski definition) is 5. The summed E-state index contributed by atoms with van der Waals surface area (Å²) in [4.78, 5) is 23.6. The zero-order valence-electron chi connectivity index (χ0n) is 19.4. The van der Waals surface area contributed by atoms with Crippen LogP contribution in [0.1, 0.15) is 24.8 Å². The molecule has 0 fully saturated rings. The van der Waals surface area contributed by atoms with Gasteiger partial charge < -0.3 is 20.2 Å². The van der Waals surface area contributed by atoms with Crippen LogP contribution in [0, 0.1) is 0 Å². The number of carbonyl (C=O) groups is 2. The summed E-state index contributed by atoms with van der Waals surface area (Å²) in [6.07, 6.45) is 0.986. The highest BCUT2D eigenvalue weighted by atomic mass is 32.2. The Morgan fingerprint density at radius 3 is 2.36 bits per heavy atom. The first-order valence-corrected chi connectivity index (χ1v) is 13.0. The average molecular weight is 510 g/mol. The number of urea groups is 1. The summed E-state index contributed by atoms with van der Waals surface area (Å²) in [6.45, 7) is 0.736. The van der Waals surface area contributed by atoms with Gasteiger partial charge in [0.05, 0.1) is 4.90 Å². The second kappa shape index (κ2) is 11.2. The highest BCUT2D eigenvalue weighted by Crippen LogP contribution is 2.30. The van der Waals surface area contributed by atoms with Gasteiger partial charge >= 0.3 is 12.0 Å². The molecule has 0 spiro atoms. The molecule has 3 aromatic carbocycles. The lowest BCUT2D eigenvalue weighted by atomic mass is 10.1. The Morgan fingerprint density at radius 2 is 1.58 bits per heavy atom. The summed E-state index contributed by atoms with van der Waals surface area (Å²) >= 11 is 0. The zero-order chi connectivity index (χ0) is 25.5. The molecule has 10 heteroatoms. The number of carboxylic acid groups (broad SMARTS) is 1. The third-order valence-corrected chi connectivity index (χ3v) is 7.22. The Hall–Kier alpha value is -3.89. The lowest BCUT2D eigenvalue weighted by molar-refractivity contribution is -0.139. The number of carboxylic acids is 1. The second-order valence-corrected chi connectivity index (χ2v) is 10.1. The number of rotatable bonds is 11. The summed E-state index contributed by atoms with van der Waals surface area (Å²) in [5.41, 5.74) is 2.16. The van der Waals surface area contributed by atoms with Crippen molar-refractivity contribution in [2.75, 3.05) is 6.54 Å². The number of unbranched alkanes of at least 4 members (excludes halogenated alkanes) is 1.